The second kappa shape index (κ2) is 5.29. The van der Waals surface area contributed by atoms with E-state index in [9.17, 15) is 5.11 Å². The second-order valence-electron chi connectivity index (χ2n) is 3.93. The Hall–Kier alpha value is -1.71. The number of phenolic OH excluding ortho intramolecular Hbond substituents is 1. The van der Waals surface area contributed by atoms with E-state index in [1.165, 1.54) is 7.11 Å². The fraction of sp³-hybridized carbons (Fsp3) is 0.143. The average molecular weight is 264 g/mol. The van der Waals surface area contributed by atoms with E-state index in [4.69, 9.17) is 22.1 Å². The van der Waals surface area contributed by atoms with Crippen molar-refractivity contribution >= 4 is 11.6 Å². The molecule has 18 heavy (non-hydrogen) atoms. The maximum Gasteiger partial charge on any atom is 0.162 e. The number of methoxy groups -OCH3 is 1. The number of aromatic hydroxyl groups is 1. The fourth-order valence-electron chi connectivity index (χ4n) is 1.83. The van der Waals surface area contributed by atoms with Crippen molar-refractivity contribution < 1.29 is 9.84 Å². The molecule has 3 nitrogen and oxygen atoms in total. The summed E-state index contributed by atoms with van der Waals surface area (Å²) in [4.78, 5) is 0. The first-order valence-corrected chi connectivity index (χ1v) is 5.88. The van der Waals surface area contributed by atoms with Crippen LogP contribution in [0.25, 0.3) is 0 Å². The van der Waals surface area contributed by atoms with E-state index in [1.807, 2.05) is 30.3 Å². The highest BCUT2D eigenvalue weighted by atomic mass is 35.5. The third-order valence-electron chi connectivity index (χ3n) is 2.78. The van der Waals surface area contributed by atoms with Crippen molar-refractivity contribution in [2.45, 2.75) is 6.04 Å². The molecule has 0 spiro atoms. The SMILES string of the molecule is COc1cc(Cl)cc(C(N)c2ccccc2)c1O. The quantitative estimate of drug-likeness (QED) is 0.895. The van der Waals surface area contributed by atoms with Crippen LogP contribution >= 0.6 is 11.6 Å². The molecule has 1 unspecified atom stereocenters. The zero-order valence-corrected chi connectivity index (χ0v) is 10.7. The predicted molar refractivity (Wildman–Crippen MR) is 72.1 cm³/mol. The molecular weight excluding hydrogens is 250 g/mol. The van der Waals surface area contributed by atoms with Crippen LogP contribution in [0.5, 0.6) is 11.5 Å². The van der Waals surface area contributed by atoms with Crippen LogP contribution in [0.4, 0.5) is 0 Å². The van der Waals surface area contributed by atoms with Gasteiger partial charge < -0.3 is 15.6 Å². The molecule has 4 heteroatoms. The summed E-state index contributed by atoms with van der Waals surface area (Å²) in [7, 11) is 1.48. The lowest BCUT2D eigenvalue weighted by molar-refractivity contribution is 0.369. The van der Waals surface area contributed by atoms with Gasteiger partial charge in [-0.15, -0.1) is 0 Å². The highest BCUT2D eigenvalue weighted by molar-refractivity contribution is 6.30. The second-order valence-corrected chi connectivity index (χ2v) is 4.37. The lowest BCUT2D eigenvalue weighted by atomic mass is 9.98. The van der Waals surface area contributed by atoms with E-state index >= 15 is 0 Å². The smallest absolute Gasteiger partial charge is 0.162 e. The van der Waals surface area contributed by atoms with Crippen molar-refractivity contribution in [2.75, 3.05) is 7.11 Å². The minimum Gasteiger partial charge on any atom is -0.504 e. The summed E-state index contributed by atoms with van der Waals surface area (Å²) in [5, 5.41) is 10.6. The van der Waals surface area contributed by atoms with E-state index in [1.54, 1.807) is 12.1 Å². The minimum absolute atomic E-state index is 0.0262. The van der Waals surface area contributed by atoms with Crippen molar-refractivity contribution in [3.8, 4) is 11.5 Å². The number of hydrogen-bond donors (Lipinski definition) is 2. The standard InChI is InChI=1S/C14H14ClNO2/c1-18-12-8-10(15)7-11(14(12)17)13(16)9-5-3-2-4-6-9/h2-8,13,17H,16H2,1H3. The topological polar surface area (TPSA) is 55.5 Å². The van der Waals surface area contributed by atoms with Gasteiger partial charge in [0.05, 0.1) is 13.2 Å². The molecule has 2 aromatic carbocycles. The molecule has 2 rings (SSSR count). The van der Waals surface area contributed by atoms with Crippen LogP contribution in [-0.2, 0) is 0 Å². The van der Waals surface area contributed by atoms with Gasteiger partial charge in [-0.3, -0.25) is 0 Å². The molecule has 0 saturated carbocycles. The zero-order chi connectivity index (χ0) is 13.1. The van der Waals surface area contributed by atoms with Crippen LogP contribution in [0.15, 0.2) is 42.5 Å². The van der Waals surface area contributed by atoms with Crippen LogP contribution in [-0.4, -0.2) is 12.2 Å². The number of nitrogens with two attached hydrogens (primary N) is 1. The molecule has 2 aromatic rings. The van der Waals surface area contributed by atoms with Crippen LogP contribution < -0.4 is 10.5 Å². The zero-order valence-electron chi connectivity index (χ0n) is 9.93. The monoisotopic (exact) mass is 263 g/mol. The Morgan fingerprint density at radius 3 is 2.50 bits per heavy atom. The van der Waals surface area contributed by atoms with Crippen LogP contribution in [0, 0.1) is 0 Å². The summed E-state index contributed by atoms with van der Waals surface area (Å²) in [5.41, 5.74) is 7.58. The Bertz CT molecular complexity index is 543. The van der Waals surface area contributed by atoms with E-state index in [2.05, 4.69) is 0 Å². The number of hydrogen-bond acceptors (Lipinski definition) is 3. The van der Waals surface area contributed by atoms with Crippen molar-refractivity contribution in [1.82, 2.24) is 0 Å². The third-order valence-corrected chi connectivity index (χ3v) is 3.00. The number of benzene rings is 2. The maximum absolute atomic E-state index is 10.1. The summed E-state index contributed by atoms with van der Waals surface area (Å²) in [6.07, 6.45) is 0. The molecule has 3 N–H and O–H groups in total. The van der Waals surface area contributed by atoms with Gasteiger partial charge >= 0.3 is 0 Å². The van der Waals surface area contributed by atoms with Gasteiger partial charge in [-0.2, -0.15) is 0 Å². The summed E-state index contributed by atoms with van der Waals surface area (Å²) >= 11 is 5.99. The molecule has 0 amide bonds. The van der Waals surface area contributed by atoms with Crippen molar-refractivity contribution in [1.29, 1.82) is 0 Å². The molecule has 94 valence electrons. The number of phenols is 1. The first-order chi connectivity index (χ1) is 8.63. The minimum atomic E-state index is -0.446. The van der Waals surface area contributed by atoms with Crippen LogP contribution in [0.1, 0.15) is 17.2 Å². The maximum atomic E-state index is 10.1. The number of rotatable bonds is 3. The molecule has 0 saturated heterocycles. The molecule has 0 aliphatic rings. The average Bonchev–Trinajstić information content (AvgIpc) is 2.41. The largest absolute Gasteiger partial charge is 0.504 e. The van der Waals surface area contributed by atoms with Gasteiger partial charge in [0.2, 0.25) is 0 Å². The van der Waals surface area contributed by atoms with Gasteiger partial charge in [0.1, 0.15) is 0 Å². The summed E-state index contributed by atoms with van der Waals surface area (Å²) in [6.45, 7) is 0. The van der Waals surface area contributed by atoms with Gasteiger partial charge in [-0.25, -0.2) is 0 Å². The molecule has 0 aliphatic heterocycles. The Morgan fingerprint density at radius 2 is 1.89 bits per heavy atom. The van der Waals surface area contributed by atoms with Gasteiger partial charge in [0.15, 0.2) is 11.5 Å². The fourth-order valence-corrected chi connectivity index (χ4v) is 2.04. The van der Waals surface area contributed by atoms with Crippen LogP contribution in [0.3, 0.4) is 0 Å². The molecule has 0 heterocycles. The molecule has 0 aliphatic carbocycles. The van der Waals surface area contributed by atoms with E-state index in [0.717, 1.165) is 5.56 Å². The lowest BCUT2D eigenvalue weighted by Gasteiger charge is -2.16. The van der Waals surface area contributed by atoms with Gasteiger partial charge in [-0.1, -0.05) is 41.9 Å². The molecule has 1 atom stereocenters. The molecule has 0 fully saturated rings. The van der Waals surface area contributed by atoms with Crippen LogP contribution in [0.2, 0.25) is 5.02 Å². The highest BCUT2D eigenvalue weighted by Crippen LogP contribution is 2.37. The third kappa shape index (κ3) is 2.42. The van der Waals surface area contributed by atoms with Crippen molar-refractivity contribution in [3.63, 3.8) is 0 Å². The lowest BCUT2D eigenvalue weighted by Crippen LogP contribution is -2.12. The normalized spacial score (nSPS) is 12.2. The Morgan fingerprint density at radius 1 is 1.22 bits per heavy atom. The molecular formula is C14H14ClNO2. The Kier molecular flexibility index (Phi) is 3.75. The number of halogens is 1. The summed E-state index contributed by atoms with van der Waals surface area (Å²) in [5.74, 6) is 0.349. The highest BCUT2D eigenvalue weighted by Gasteiger charge is 2.17. The molecule has 0 aromatic heterocycles. The van der Waals surface area contributed by atoms with Gasteiger partial charge in [0, 0.05) is 16.7 Å². The van der Waals surface area contributed by atoms with Gasteiger partial charge in [0.25, 0.3) is 0 Å². The van der Waals surface area contributed by atoms with E-state index < -0.39 is 6.04 Å². The van der Waals surface area contributed by atoms with Crippen molar-refractivity contribution in [3.05, 3.63) is 58.6 Å². The molecule has 0 radical (unpaired) electrons. The predicted octanol–water partition coefficient (Wildman–Crippen LogP) is 3.10. The number of ether oxygens (including phenoxy) is 1. The summed E-state index contributed by atoms with van der Waals surface area (Å²) < 4.78 is 5.06. The van der Waals surface area contributed by atoms with E-state index in [-0.39, 0.29) is 5.75 Å². The Balaban J connectivity index is 2.48. The van der Waals surface area contributed by atoms with E-state index in [0.29, 0.717) is 16.3 Å². The van der Waals surface area contributed by atoms with Crippen molar-refractivity contribution in [2.24, 2.45) is 5.73 Å². The first-order valence-electron chi connectivity index (χ1n) is 5.50. The van der Waals surface area contributed by atoms with Gasteiger partial charge in [-0.05, 0) is 11.6 Å². The Labute approximate surface area is 111 Å². The molecule has 0 bridgehead atoms. The first kappa shape index (κ1) is 12.7. The summed E-state index contributed by atoms with van der Waals surface area (Å²) in [6, 6.07) is 12.3.